The van der Waals surface area contributed by atoms with Crippen molar-refractivity contribution in [2.75, 3.05) is 37.3 Å². The molecule has 2 aromatic rings. The van der Waals surface area contributed by atoms with Crippen molar-refractivity contribution in [1.29, 1.82) is 0 Å². The lowest BCUT2D eigenvalue weighted by Gasteiger charge is -2.29. The Morgan fingerprint density at radius 2 is 1.87 bits per heavy atom. The van der Waals surface area contributed by atoms with E-state index in [0.29, 0.717) is 0 Å². The highest BCUT2D eigenvalue weighted by Crippen LogP contribution is 2.17. The molecule has 0 aliphatic carbocycles. The van der Waals surface area contributed by atoms with Gasteiger partial charge in [-0.25, -0.2) is 4.98 Å². The maximum absolute atomic E-state index is 4.52. The second kappa shape index (κ2) is 7.92. The van der Waals surface area contributed by atoms with E-state index in [1.807, 2.05) is 18.3 Å². The van der Waals surface area contributed by atoms with Crippen LogP contribution in [0.5, 0.6) is 0 Å². The standard InChI is InChI=1S/C18H25N5/c1-23-10-6-15(7-11-23)12-21-18-3-2-16(14-22-18)13-20-17-4-8-19-9-5-17/h2-5,8-9,14-15H,6-7,10-13H2,1H3,(H,19,20)(H,21,22). The van der Waals surface area contributed by atoms with E-state index in [4.69, 9.17) is 0 Å². The van der Waals surface area contributed by atoms with Gasteiger partial charge in [0.25, 0.3) is 0 Å². The minimum atomic E-state index is 0.765. The van der Waals surface area contributed by atoms with Crippen LogP contribution >= 0.6 is 0 Å². The van der Waals surface area contributed by atoms with Gasteiger partial charge in [0.05, 0.1) is 0 Å². The Hall–Kier alpha value is -2.14. The van der Waals surface area contributed by atoms with Crippen molar-refractivity contribution in [3.63, 3.8) is 0 Å². The molecule has 1 aliphatic heterocycles. The highest BCUT2D eigenvalue weighted by atomic mass is 15.1. The number of aromatic nitrogens is 2. The Balaban J connectivity index is 1.43. The van der Waals surface area contributed by atoms with Gasteiger partial charge in [0.1, 0.15) is 5.82 Å². The van der Waals surface area contributed by atoms with E-state index in [-0.39, 0.29) is 0 Å². The zero-order valence-corrected chi connectivity index (χ0v) is 13.7. The van der Waals surface area contributed by atoms with Gasteiger partial charge in [0.15, 0.2) is 0 Å². The lowest BCUT2D eigenvalue weighted by molar-refractivity contribution is 0.226. The summed E-state index contributed by atoms with van der Waals surface area (Å²) < 4.78 is 0. The van der Waals surface area contributed by atoms with Crippen LogP contribution in [0.15, 0.2) is 42.9 Å². The molecule has 0 unspecified atom stereocenters. The Bertz CT molecular complexity index is 576. The van der Waals surface area contributed by atoms with Gasteiger partial charge in [-0.15, -0.1) is 0 Å². The number of hydrogen-bond acceptors (Lipinski definition) is 5. The molecule has 5 nitrogen and oxygen atoms in total. The monoisotopic (exact) mass is 311 g/mol. The van der Waals surface area contributed by atoms with Crippen molar-refractivity contribution >= 4 is 11.5 Å². The molecule has 23 heavy (non-hydrogen) atoms. The average Bonchev–Trinajstić information content (AvgIpc) is 2.61. The van der Waals surface area contributed by atoms with E-state index in [2.05, 4.69) is 44.7 Å². The van der Waals surface area contributed by atoms with E-state index in [0.717, 1.165) is 30.5 Å². The summed E-state index contributed by atoms with van der Waals surface area (Å²) in [4.78, 5) is 10.9. The SMILES string of the molecule is CN1CCC(CNc2ccc(CNc3ccncc3)cn2)CC1. The summed E-state index contributed by atoms with van der Waals surface area (Å²) in [6.07, 6.45) is 8.06. The van der Waals surface area contributed by atoms with E-state index < -0.39 is 0 Å². The fourth-order valence-electron chi connectivity index (χ4n) is 2.82. The van der Waals surface area contributed by atoms with Crippen molar-refractivity contribution < 1.29 is 0 Å². The molecule has 0 radical (unpaired) electrons. The quantitative estimate of drug-likeness (QED) is 0.859. The minimum Gasteiger partial charge on any atom is -0.381 e. The molecule has 0 saturated carbocycles. The van der Waals surface area contributed by atoms with Gasteiger partial charge in [-0.3, -0.25) is 4.98 Å². The largest absolute Gasteiger partial charge is 0.381 e. The molecule has 2 aromatic heterocycles. The first kappa shape index (κ1) is 15.7. The number of rotatable bonds is 6. The summed E-state index contributed by atoms with van der Waals surface area (Å²) in [5.74, 6) is 1.73. The predicted molar refractivity (Wildman–Crippen MR) is 94.5 cm³/mol. The van der Waals surface area contributed by atoms with Crippen LogP contribution in [0, 0.1) is 5.92 Å². The fraction of sp³-hybridized carbons (Fsp3) is 0.444. The minimum absolute atomic E-state index is 0.765. The molecule has 2 N–H and O–H groups in total. The molecule has 1 aliphatic rings. The predicted octanol–water partition coefficient (Wildman–Crippen LogP) is 2.84. The molecule has 3 heterocycles. The number of nitrogens with zero attached hydrogens (tertiary/aromatic N) is 3. The Labute approximate surface area is 138 Å². The number of anilines is 2. The molecule has 122 valence electrons. The van der Waals surface area contributed by atoms with Crippen LogP contribution in [0.4, 0.5) is 11.5 Å². The third-order valence-corrected chi connectivity index (χ3v) is 4.41. The van der Waals surface area contributed by atoms with E-state index >= 15 is 0 Å². The van der Waals surface area contributed by atoms with Crippen molar-refractivity contribution in [2.45, 2.75) is 19.4 Å². The lowest BCUT2D eigenvalue weighted by Crippen LogP contribution is -2.33. The average molecular weight is 311 g/mol. The number of likely N-dealkylation sites (tertiary alicyclic amines) is 1. The van der Waals surface area contributed by atoms with Gasteiger partial charge in [-0.2, -0.15) is 0 Å². The summed E-state index contributed by atoms with van der Waals surface area (Å²) >= 11 is 0. The Kier molecular flexibility index (Phi) is 5.42. The summed E-state index contributed by atoms with van der Waals surface area (Å²) in [5.41, 5.74) is 2.25. The second-order valence-electron chi connectivity index (χ2n) is 6.27. The van der Waals surface area contributed by atoms with Crippen molar-refractivity contribution in [3.05, 3.63) is 48.4 Å². The van der Waals surface area contributed by atoms with Crippen LogP contribution in [-0.4, -0.2) is 41.5 Å². The molecule has 0 bridgehead atoms. The molecule has 5 heteroatoms. The lowest BCUT2D eigenvalue weighted by atomic mass is 9.97. The molecule has 1 saturated heterocycles. The Morgan fingerprint density at radius 3 is 2.57 bits per heavy atom. The van der Waals surface area contributed by atoms with Crippen LogP contribution in [-0.2, 0) is 6.54 Å². The molecule has 0 atom stereocenters. The summed E-state index contributed by atoms with van der Waals surface area (Å²) in [5, 5.41) is 6.84. The third kappa shape index (κ3) is 4.93. The van der Waals surface area contributed by atoms with Crippen molar-refractivity contribution in [2.24, 2.45) is 5.92 Å². The zero-order chi connectivity index (χ0) is 15.9. The van der Waals surface area contributed by atoms with Crippen molar-refractivity contribution in [1.82, 2.24) is 14.9 Å². The van der Waals surface area contributed by atoms with Gasteiger partial charge in [0.2, 0.25) is 0 Å². The first-order valence-electron chi connectivity index (χ1n) is 8.31. The number of piperidine rings is 1. The van der Waals surface area contributed by atoms with Crippen LogP contribution in [0.1, 0.15) is 18.4 Å². The topological polar surface area (TPSA) is 53.1 Å². The summed E-state index contributed by atoms with van der Waals surface area (Å²) in [7, 11) is 2.20. The molecule has 3 rings (SSSR count). The second-order valence-corrected chi connectivity index (χ2v) is 6.27. The number of hydrogen-bond donors (Lipinski definition) is 2. The summed E-state index contributed by atoms with van der Waals surface area (Å²) in [6.45, 7) is 4.21. The number of nitrogens with one attached hydrogen (secondary N) is 2. The van der Waals surface area contributed by atoms with Crippen LogP contribution in [0.3, 0.4) is 0 Å². The molecule has 0 aromatic carbocycles. The molecular formula is C18H25N5. The molecule has 0 spiro atoms. The Morgan fingerprint density at radius 1 is 1.09 bits per heavy atom. The van der Waals surface area contributed by atoms with Crippen molar-refractivity contribution in [3.8, 4) is 0 Å². The van der Waals surface area contributed by atoms with Gasteiger partial charge >= 0.3 is 0 Å². The van der Waals surface area contributed by atoms with Gasteiger partial charge in [-0.1, -0.05) is 6.07 Å². The van der Waals surface area contributed by atoms with E-state index in [9.17, 15) is 0 Å². The molecule has 1 fully saturated rings. The van der Waals surface area contributed by atoms with E-state index in [1.54, 1.807) is 12.4 Å². The van der Waals surface area contributed by atoms with E-state index in [1.165, 1.54) is 31.5 Å². The first-order chi connectivity index (χ1) is 11.3. The maximum atomic E-state index is 4.52. The van der Waals surface area contributed by atoms with Gasteiger partial charge < -0.3 is 15.5 Å². The summed E-state index contributed by atoms with van der Waals surface area (Å²) in [6, 6.07) is 8.12. The van der Waals surface area contributed by atoms with Crippen LogP contribution in [0.2, 0.25) is 0 Å². The zero-order valence-electron chi connectivity index (χ0n) is 13.7. The smallest absolute Gasteiger partial charge is 0.125 e. The molecular weight excluding hydrogens is 286 g/mol. The normalized spacial score (nSPS) is 16.2. The fourth-order valence-corrected chi connectivity index (χ4v) is 2.82. The first-order valence-corrected chi connectivity index (χ1v) is 8.31. The molecule has 0 amide bonds. The third-order valence-electron chi connectivity index (χ3n) is 4.41. The van der Waals surface area contributed by atoms with Gasteiger partial charge in [0, 0.05) is 37.4 Å². The maximum Gasteiger partial charge on any atom is 0.125 e. The highest BCUT2D eigenvalue weighted by Gasteiger charge is 2.16. The van der Waals surface area contributed by atoms with Crippen LogP contribution in [0.25, 0.3) is 0 Å². The van der Waals surface area contributed by atoms with Crippen LogP contribution < -0.4 is 10.6 Å². The number of pyridine rings is 2. The highest BCUT2D eigenvalue weighted by molar-refractivity contribution is 5.42. The van der Waals surface area contributed by atoms with Gasteiger partial charge in [-0.05, 0) is 62.7 Å².